The number of nitrogens with one attached hydrogen (secondary N) is 1. The Hall–Kier alpha value is -3.35. The Bertz CT molecular complexity index is 1090. The second kappa shape index (κ2) is 8.98. The van der Waals surface area contributed by atoms with Gasteiger partial charge in [-0.05, 0) is 49.4 Å². The highest BCUT2D eigenvalue weighted by atomic mass is 16.4. The highest BCUT2D eigenvalue weighted by molar-refractivity contribution is 5.97. The summed E-state index contributed by atoms with van der Waals surface area (Å²) in [6, 6.07) is 15.0. The van der Waals surface area contributed by atoms with E-state index < -0.39 is 5.76 Å². The van der Waals surface area contributed by atoms with E-state index in [1.807, 2.05) is 23.1 Å². The predicted octanol–water partition coefficient (Wildman–Crippen LogP) is 2.58. The van der Waals surface area contributed by atoms with E-state index in [9.17, 15) is 14.4 Å². The van der Waals surface area contributed by atoms with Crippen LogP contribution in [-0.4, -0.2) is 40.9 Å². The molecule has 4 rings (SSSR count). The molecule has 2 amide bonds. The summed E-state index contributed by atoms with van der Waals surface area (Å²) in [6.45, 7) is 1.89. The zero-order valence-electron chi connectivity index (χ0n) is 16.8. The van der Waals surface area contributed by atoms with E-state index in [-0.39, 0.29) is 18.4 Å². The van der Waals surface area contributed by atoms with E-state index in [0.717, 1.165) is 38.8 Å². The molecule has 1 fully saturated rings. The van der Waals surface area contributed by atoms with Crippen molar-refractivity contribution in [2.75, 3.05) is 19.6 Å². The first kappa shape index (κ1) is 19.9. The lowest BCUT2D eigenvalue weighted by molar-refractivity contribution is -0.121. The van der Waals surface area contributed by atoms with Crippen LogP contribution in [-0.2, 0) is 17.8 Å². The van der Waals surface area contributed by atoms with Crippen molar-refractivity contribution in [1.29, 1.82) is 0 Å². The number of carbonyl (C=O) groups excluding carboxylic acids is 2. The van der Waals surface area contributed by atoms with E-state index in [1.165, 1.54) is 10.1 Å². The van der Waals surface area contributed by atoms with Crippen LogP contribution in [0.1, 0.15) is 35.2 Å². The molecule has 0 atom stereocenters. The molecule has 0 saturated carbocycles. The summed E-state index contributed by atoms with van der Waals surface area (Å²) in [5, 5.41) is 2.85. The number of amides is 2. The van der Waals surface area contributed by atoms with Gasteiger partial charge in [0.2, 0.25) is 5.91 Å². The number of carbonyl (C=O) groups is 2. The van der Waals surface area contributed by atoms with Gasteiger partial charge in [-0.1, -0.05) is 30.3 Å². The molecule has 1 aliphatic heterocycles. The van der Waals surface area contributed by atoms with Gasteiger partial charge in [-0.3, -0.25) is 14.2 Å². The molecule has 2 heterocycles. The third-order valence-electron chi connectivity index (χ3n) is 5.42. The fourth-order valence-electron chi connectivity index (χ4n) is 3.81. The molecule has 0 bridgehead atoms. The monoisotopic (exact) mass is 407 g/mol. The van der Waals surface area contributed by atoms with Gasteiger partial charge in [0.15, 0.2) is 5.58 Å². The van der Waals surface area contributed by atoms with Gasteiger partial charge in [0.1, 0.15) is 6.54 Å². The Balaban J connectivity index is 1.40. The van der Waals surface area contributed by atoms with Gasteiger partial charge in [0.25, 0.3) is 5.91 Å². The summed E-state index contributed by atoms with van der Waals surface area (Å²) in [7, 11) is 0. The van der Waals surface area contributed by atoms with E-state index in [1.54, 1.807) is 18.2 Å². The van der Waals surface area contributed by atoms with Crippen LogP contribution < -0.4 is 11.1 Å². The number of aryl methyl sites for hydroxylation is 1. The normalized spacial score (nSPS) is 13.7. The molecule has 0 aliphatic carbocycles. The highest BCUT2D eigenvalue weighted by Crippen LogP contribution is 2.18. The van der Waals surface area contributed by atoms with Crippen molar-refractivity contribution in [3.63, 3.8) is 0 Å². The van der Waals surface area contributed by atoms with Crippen molar-refractivity contribution in [1.82, 2.24) is 14.8 Å². The topological polar surface area (TPSA) is 84.5 Å². The average molecular weight is 407 g/mol. The molecule has 0 spiro atoms. The van der Waals surface area contributed by atoms with Gasteiger partial charge in [-0.15, -0.1) is 0 Å². The van der Waals surface area contributed by atoms with E-state index >= 15 is 0 Å². The summed E-state index contributed by atoms with van der Waals surface area (Å²) < 4.78 is 6.53. The minimum Gasteiger partial charge on any atom is -0.408 e. The Labute approximate surface area is 174 Å². The van der Waals surface area contributed by atoms with Gasteiger partial charge >= 0.3 is 5.76 Å². The molecule has 0 unspecified atom stereocenters. The van der Waals surface area contributed by atoms with Crippen LogP contribution in [0.2, 0.25) is 0 Å². The molecule has 2 aromatic carbocycles. The van der Waals surface area contributed by atoms with Gasteiger partial charge < -0.3 is 14.6 Å². The maximum atomic E-state index is 12.7. The maximum absolute atomic E-state index is 12.7. The molecule has 156 valence electrons. The molecule has 1 aliphatic rings. The Kier molecular flexibility index (Phi) is 5.97. The van der Waals surface area contributed by atoms with Crippen LogP contribution in [0.15, 0.2) is 57.7 Å². The molecule has 7 heteroatoms. The number of rotatable bonds is 7. The zero-order valence-corrected chi connectivity index (χ0v) is 16.8. The van der Waals surface area contributed by atoms with E-state index in [2.05, 4.69) is 17.4 Å². The highest BCUT2D eigenvalue weighted by Gasteiger charge is 2.21. The first-order chi connectivity index (χ1) is 14.6. The van der Waals surface area contributed by atoms with Gasteiger partial charge in [0, 0.05) is 25.2 Å². The minimum atomic E-state index is -0.602. The number of nitrogens with zero attached hydrogens (tertiary/aromatic N) is 2. The van der Waals surface area contributed by atoms with Crippen LogP contribution >= 0.6 is 0 Å². The average Bonchev–Trinajstić information content (AvgIpc) is 3.40. The number of likely N-dealkylation sites (tertiary alicyclic amines) is 1. The number of oxazole rings is 1. The lowest BCUT2D eigenvalue weighted by Crippen LogP contribution is -2.31. The summed E-state index contributed by atoms with van der Waals surface area (Å²) in [6.07, 6.45) is 3.70. The second-order valence-corrected chi connectivity index (χ2v) is 7.58. The summed E-state index contributed by atoms with van der Waals surface area (Å²) >= 11 is 0. The first-order valence-corrected chi connectivity index (χ1v) is 10.3. The molecule has 0 radical (unpaired) electrons. The lowest BCUT2D eigenvalue weighted by Gasteiger charge is -2.15. The molecule has 30 heavy (non-hydrogen) atoms. The Morgan fingerprint density at radius 2 is 1.80 bits per heavy atom. The number of hydrogen-bond acceptors (Lipinski definition) is 4. The minimum absolute atomic E-state index is 0.0556. The van der Waals surface area contributed by atoms with Crippen molar-refractivity contribution in [3.8, 4) is 0 Å². The van der Waals surface area contributed by atoms with Crippen molar-refractivity contribution in [2.24, 2.45) is 0 Å². The quantitative estimate of drug-likeness (QED) is 0.610. The van der Waals surface area contributed by atoms with Crippen molar-refractivity contribution in [3.05, 3.63) is 70.2 Å². The number of aromatic nitrogens is 1. The van der Waals surface area contributed by atoms with E-state index in [0.29, 0.717) is 23.2 Å². The second-order valence-electron chi connectivity index (χ2n) is 7.58. The first-order valence-electron chi connectivity index (χ1n) is 10.3. The van der Waals surface area contributed by atoms with Crippen LogP contribution in [0, 0.1) is 0 Å². The summed E-state index contributed by atoms with van der Waals surface area (Å²) in [5.74, 6) is -0.917. The van der Waals surface area contributed by atoms with Crippen molar-refractivity contribution in [2.45, 2.75) is 32.2 Å². The largest absolute Gasteiger partial charge is 0.420 e. The third-order valence-corrected chi connectivity index (χ3v) is 5.42. The summed E-state index contributed by atoms with van der Waals surface area (Å²) in [5.41, 5.74) is 2.56. The van der Waals surface area contributed by atoms with Crippen LogP contribution in [0.25, 0.3) is 11.1 Å². The maximum Gasteiger partial charge on any atom is 0.420 e. The third kappa shape index (κ3) is 4.45. The Morgan fingerprint density at radius 3 is 2.57 bits per heavy atom. The number of benzene rings is 2. The van der Waals surface area contributed by atoms with Crippen LogP contribution in [0.5, 0.6) is 0 Å². The predicted molar refractivity (Wildman–Crippen MR) is 113 cm³/mol. The molecule has 3 aromatic rings. The lowest BCUT2D eigenvalue weighted by atomic mass is 10.1. The Morgan fingerprint density at radius 1 is 1.03 bits per heavy atom. The molecule has 1 N–H and O–H groups in total. The molecular formula is C23H25N3O4. The number of hydrogen-bond donors (Lipinski definition) is 1. The molecule has 1 aromatic heterocycles. The molecular weight excluding hydrogens is 382 g/mol. The molecule has 7 nitrogen and oxygen atoms in total. The fraction of sp³-hybridized carbons (Fsp3) is 0.348. The SMILES string of the molecule is O=C(Cn1c(=O)oc2ccc(C(=O)N3CCCC3)cc21)NCCCc1ccccc1. The van der Waals surface area contributed by atoms with Crippen LogP contribution in [0.4, 0.5) is 0 Å². The summed E-state index contributed by atoms with van der Waals surface area (Å²) in [4.78, 5) is 39.1. The smallest absolute Gasteiger partial charge is 0.408 e. The van der Waals surface area contributed by atoms with Crippen LogP contribution in [0.3, 0.4) is 0 Å². The number of fused-ring (bicyclic) bond motifs is 1. The van der Waals surface area contributed by atoms with Gasteiger partial charge in [0.05, 0.1) is 5.52 Å². The zero-order chi connectivity index (χ0) is 20.9. The van der Waals surface area contributed by atoms with Crippen molar-refractivity contribution >= 4 is 22.9 Å². The van der Waals surface area contributed by atoms with Crippen molar-refractivity contribution < 1.29 is 14.0 Å². The van der Waals surface area contributed by atoms with E-state index in [4.69, 9.17) is 4.42 Å². The molecule has 1 saturated heterocycles. The fourth-order valence-corrected chi connectivity index (χ4v) is 3.81. The van der Waals surface area contributed by atoms with Gasteiger partial charge in [-0.25, -0.2) is 4.79 Å². The van der Waals surface area contributed by atoms with Gasteiger partial charge in [-0.2, -0.15) is 0 Å². The standard InChI is InChI=1S/C23H25N3O4/c27-21(24-12-6-9-17-7-2-1-3-8-17)16-26-19-15-18(10-11-20(19)30-23(26)29)22(28)25-13-4-5-14-25/h1-3,7-8,10-11,15H,4-6,9,12-14,16H2,(H,24,27).